The summed E-state index contributed by atoms with van der Waals surface area (Å²) in [6.07, 6.45) is 1.65. The number of benzene rings is 2. The van der Waals surface area contributed by atoms with Crippen LogP contribution in [0.2, 0.25) is 0 Å². The molecule has 0 aliphatic carbocycles. The highest BCUT2D eigenvalue weighted by atomic mass is 16.2. The number of carbonyl (C=O) groups excluding carboxylic acids is 1. The molecule has 0 spiro atoms. The second-order valence-corrected chi connectivity index (χ2v) is 5.15. The van der Waals surface area contributed by atoms with Crippen LogP contribution < -0.4 is 10.6 Å². The molecule has 2 aromatic rings. The summed E-state index contributed by atoms with van der Waals surface area (Å²) < 4.78 is 0. The van der Waals surface area contributed by atoms with Crippen LogP contribution in [0.25, 0.3) is 0 Å². The number of hydrazone groups is 1. The van der Waals surface area contributed by atoms with Crippen LogP contribution in [0.1, 0.15) is 15.9 Å². The van der Waals surface area contributed by atoms with Crippen molar-refractivity contribution in [3.05, 3.63) is 59.7 Å². The fraction of sp³-hybridized carbons (Fsp3) is 0.176. The van der Waals surface area contributed by atoms with E-state index >= 15 is 0 Å². The fourth-order valence-electron chi connectivity index (χ4n) is 1.93. The Morgan fingerprint density at radius 1 is 1.05 bits per heavy atom. The lowest BCUT2D eigenvalue weighted by Crippen LogP contribution is -2.22. The van der Waals surface area contributed by atoms with Gasteiger partial charge in [0.05, 0.1) is 11.8 Å². The summed E-state index contributed by atoms with van der Waals surface area (Å²) >= 11 is 0. The van der Waals surface area contributed by atoms with Gasteiger partial charge < -0.3 is 10.6 Å². The summed E-state index contributed by atoms with van der Waals surface area (Å²) in [5, 5.41) is 5.46. The van der Waals surface area contributed by atoms with E-state index in [0.29, 0.717) is 11.3 Å². The molecular formula is C17H20N4O. The molecule has 22 heavy (non-hydrogen) atoms. The van der Waals surface area contributed by atoms with Crippen LogP contribution in [0, 0.1) is 0 Å². The van der Waals surface area contributed by atoms with Crippen molar-refractivity contribution in [1.82, 2.24) is 5.01 Å². The molecule has 0 bridgehead atoms. The number of para-hydroxylation sites is 1. The minimum absolute atomic E-state index is 0.237. The summed E-state index contributed by atoms with van der Waals surface area (Å²) in [5.41, 5.74) is 8.74. The minimum Gasteiger partial charge on any atom is -0.398 e. The number of nitrogens with two attached hydrogens (primary N) is 1. The summed E-state index contributed by atoms with van der Waals surface area (Å²) in [5.74, 6) is -0.237. The Morgan fingerprint density at radius 2 is 1.68 bits per heavy atom. The maximum Gasteiger partial charge on any atom is 0.275 e. The SMILES string of the molecule is CN(/N=C/c1ccc(N(C)C)cc1)C(=O)c1ccccc1N. The number of carbonyl (C=O) groups is 1. The van der Waals surface area contributed by atoms with E-state index in [1.165, 1.54) is 5.01 Å². The highest BCUT2D eigenvalue weighted by Gasteiger charge is 2.12. The van der Waals surface area contributed by atoms with E-state index in [-0.39, 0.29) is 5.91 Å². The average Bonchev–Trinajstić information content (AvgIpc) is 2.52. The first kappa shape index (κ1) is 15.6. The van der Waals surface area contributed by atoms with Gasteiger partial charge in [0.15, 0.2) is 0 Å². The Hall–Kier alpha value is -2.82. The van der Waals surface area contributed by atoms with Gasteiger partial charge in [-0.1, -0.05) is 24.3 Å². The van der Waals surface area contributed by atoms with Gasteiger partial charge >= 0.3 is 0 Å². The molecule has 0 radical (unpaired) electrons. The van der Waals surface area contributed by atoms with Crippen molar-refractivity contribution in [3.63, 3.8) is 0 Å². The van der Waals surface area contributed by atoms with Gasteiger partial charge in [-0.15, -0.1) is 0 Å². The third-order valence-electron chi connectivity index (χ3n) is 3.27. The lowest BCUT2D eigenvalue weighted by atomic mass is 10.1. The van der Waals surface area contributed by atoms with Gasteiger partial charge in [0.25, 0.3) is 5.91 Å². The van der Waals surface area contributed by atoms with Crippen LogP contribution >= 0.6 is 0 Å². The third kappa shape index (κ3) is 3.63. The van der Waals surface area contributed by atoms with Gasteiger partial charge in [0, 0.05) is 32.5 Å². The molecule has 2 N–H and O–H groups in total. The number of hydrogen-bond acceptors (Lipinski definition) is 4. The first-order chi connectivity index (χ1) is 10.5. The smallest absolute Gasteiger partial charge is 0.275 e. The first-order valence-electron chi connectivity index (χ1n) is 6.93. The van der Waals surface area contributed by atoms with Crippen molar-refractivity contribution in [2.45, 2.75) is 0 Å². The highest BCUT2D eigenvalue weighted by molar-refractivity contribution is 5.99. The highest BCUT2D eigenvalue weighted by Crippen LogP contribution is 2.14. The van der Waals surface area contributed by atoms with E-state index in [9.17, 15) is 4.79 Å². The number of anilines is 2. The van der Waals surface area contributed by atoms with Crippen LogP contribution in [0.15, 0.2) is 53.6 Å². The van der Waals surface area contributed by atoms with Gasteiger partial charge in [0.1, 0.15) is 0 Å². The lowest BCUT2D eigenvalue weighted by Gasteiger charge is -2.13. The van der Waals surface area contributed by atoms with Gasteiger partial charge in [-0.05, 0) is 29.8 Å². The number of nitrogen functional groups attached to an aromatic ring is 1. The number of nitrogens with zero attached hydrogens (tertiary/aromatic N) is 3. The second-order valence-electron chi connectivity index (χ2n) is 5.15. The molecule has 0 fully saturated rings. The van der Waals surface area contributed by atoms with Crippen LogP contribution in [0.5, 0.6) is 0 Å². The second kappa shape index (κ2) is 6.76. The lowest BCUT2D eigenvalue weighted by molar-refractivity contribution is 0.0801. The molecule has 114 valence electrons. The topological polar surface area (TPSA) is 61.9 Å². The van der Waals surface area contributed by atoms with Crippen molar-refractivity contribution >= 4 is 23.5 Å². The van der Waals surface area contributed by atoms with Crippen molar-refractivity contribution < 1.29 is 4.79 Å². The summed E-state index contributed by atoms with van der Waals surface area (Å²) in [6, 6.07) is 14.9. The Labute approximate surface area is 130 Å². The van der Waals surface area contributed by atoms with E-state index < -0.39 is 0 Å². The number of rotatable bonds is 4. The largest absolute Gasteiger partial charge is 0.398 e. The molecule has 0 heterocycles. The molecule has 5 heteroatoms. The normalized spacial score (nSPS) is 10.7. The zero-order valence-corrected chi connectivity index (χ0v) is 13.0. The van der Waals surface area contributed by atoms with E-state index in [0.717, 1.165) is 11.3 Å². The van der Waals surface area contributed by atoms with Crippen molar-refractivity contribution in [1.29, 1.82) is 0 Å². The van der Waals surface area contributed by atoms with Crippen LogP contribution in [0.4, 0.5) is 11.4 Å². The van der Waals surface area contributed by atoms with Crippen molar-refractivity contribution in [2.24, 2.45) is 5.10 Å². The Morgan fingerprint density at radius 3 is 2.27 bits per heavy atom. The Kier molecular flexibility index (Phi) is 4.78. The maximum absolute atomic E-state index is 12.3. The number of amides is 1. The Bertz CT molecular complexity index is 677. The van der Waals surface area contributed by atoms with E-state index in [4.69, 9.17) is 5.73 Å². The molecule has 0 saturated heterocycles. The molecule has 0 atom stereocenters. The predicted octanol–water partition coefficient (Wildman–Crippen LogP) is 2.44. The zero-order chi connectivity index (χ0) is 16.1. The van der Waals surface area contributed by atoms with Crippen molar-refractivity contribution in [3.8, 4) is 0 Å². The zero-order valence-electron chi connectivity index (χ0n) is 13.0. The molecule has 0 aliphatic rings. The Balaban J connectivity index is 2.09. The monoisotopic (exact) mass is 296 g/mol. The van der Waals surface area contributed by atoms with E-state index in [1.54, 1.807) is 37.5 Å². The summed E-state index contributed by atoms with van der Waals surface area (Å²) in [4.78, 5) is 14.3. The fourth-order valence-corrected chi connectivity index (χ4v) is 1.93. The van der Waals surface area contributed by atoms with Crippen molar-refractivity contribution in [2.75, 3.05) is 31.8 Å². The van der Waals surface area contributed by atoms with E-state index in [2.05, 4.69) is 5.10 Å². The molecule has 0 aliphatic heterocycles. The molecule has 2 rings (SSSR count). The molecule has 1 amide bonds. The molecular weight excluding hydrogens is 276 g/mol. The van der Waals surface area contributed by atoms with Gasteiger partial charge in [-0.25, -0.2) is 5.01 Å². The predicted molar refractivity (Wildman–Crippen MR) is 91.3 cm³/mol. The molecule has 5 nitrogen and oxygen atoms in total. The molecule has 0 aromatic heterocycles. The average molecular weight is 296 g/mol. The van der Waals surface area contributed by atoms with Gasteiger partial charge in [0.2, 0.25) is 0 Å². The van der Waals surface area contributed by atoms with Crippen LogP contribution in [0.3, 0.4) is 0 Å². The van der Waals surface area contributed by atoms with Crippen LogP contribution in [-0.4, -0.2) is 38.3 Å². The molecule has 2 aromatic carbocycles. The minimum atomic E-state index is -0.237. The van der Waals surface area contributed by atoms with Gasteiger partial charge in [-0.3, -0.25) is 4.79 Å². The summed E-state index contributed by atoms with van der Waals surface area (Å²) in [6.45, 7) is 0. The quantitative estimate of drug-likeness (QED) is 0.535. The molecule has 0 unspecified atom stereocenters. The maximum atomic E-state index is 12.3. The van der Waals surface area contributed by atoms with Crippen LogP contribution in [-0.2, 0) is 0 Å². The number of hydrogen-bond donors (Lipinski definition) is 1. The first-order valence-corrected chi connectivity index (χ1v) is 6.93. The standard InChI is InChI=1S/C17H20N4O/c1-20(2)14-10-8-13(9-11-14)12-19-21(3)17(22)15-6-4-5-7-16(15)18/h4-12H,18H2,1-3H3/b19-12+. The van der Waals surface area contributed by atoms with E-state index in [1.807, 2.05) is 43.3 Å². The third-order valence-corrected chi connectivity index (χ3v) is 3.27. The summed E-state index contributed by atoms with van der Waals surface area (Å²) in [7, 11) is 5.58. The van der Waals surface area contributed by atoms with Gasteiger partial charge in [-0.2, -0.15) is 5.10 Å². The molecule has 0 saturated carbocycles.